The predicted octanol–water partition coefficient (Wildman–Crippen LogP) is 4.41. The molecule has 0 spiro atoms. The van der Waals surface area contributed by atoms with E-state index in [2.05, 4.69) is 33.0 Å². The monoisotopic (exact) mass is 277 g/mol. The van der Waals surface area contributed by atoms with Gasteiger partial charge in [0.05, 0.1) is 12.3 Å². The molecule has 0 aliphatic heterocycles. The second-order valence-corrected chi connectivity index (χ2v) is 5.82. The van der Waals surface area contributed by atoms with Gasteiger partial charge in [-0.25, -0.2) is 0 Å². The van der Waals surface area contributed by atoms with Gasteiger partial charge in [0, 0.05) is 6.42 Å². The van der Waals surface area contributed by atoms with Gasteiger partial charge in [0.25, 0.3) is 0 Å². The number of nitrogens with one attached hydrogen (secondary N) is 1. The second kappa shape index (κ2) is 7.32. The Morgan fingerprint density at radius 2 is 1.95 bits per heavy atom. The molecule has 0 heterocycles. The van der Waals surface area contributed by atoms with E-state index in [9.17, 15) is 4.79 Å². The predicted molar refractivity (Wildman–Crippen MR) is 84.3 cm³/mol. The van der Waals surface area contributed by atoms with Gasteiger partial charge in [0.1, 0.15) is 5.75 Å². The van der Waals surface area contributed by atoms with Crippen LogP contribution in [0.15, 0.2) is 18.2 Å². The van der Waals surface area contributed by atoms with E-state index >= 15 is 0 Å². The Kier molecular flexibility index (Phi) is 6.05. The van der Waals surface area contributed by atoms with E-state index in [0.717, 1.165) is 29.8 Å². The molecule has 0 unspecified atom stereocenters. The Bertz CT molecular complexity index is 452. The average Bonchev–Trinajstić information content (AvgIpc) is 2.40. The zero-order valence-electron chi connectivity index (χ0n) is 13.4. The number of aryl methyl sites for hydroxylation is 1. The number of benzene rings is 1. The molecule has 3 nitrogen and oxygen atoms in total. The lowest BCUT2D eigenvalue weighted by atomic mass is 9.86. The summed E-state index contributed by atoms with van der Waals surface area (Å²) in [5.41, 5.74) is 1.93. The number of carbonyl (C=O) groups is 1. The number of hydrogen-bond donors (Lipinski definition) is 1. The van der Waals surface area contributed by atoms with Crippen molar-refractivity contribution in [3.63, 3.8) is 0 Å². The fourth-order valence-electron chi connectivity index (χ4n) is 2.03. The molecule has 1 aromatic carbocycles. The smallest absolute Gasteiger partial charge is 0.225 e. The maximum absolute atomic E-state index is 12.2. The zero-order chi connectivity index (χ0) is 15.2. The Balaban J connectivity index is 2.89. The van der Waals surface area contributed by atoms with Crippen molar-refractivity contribution in [1.29, 1.82) is 0 Å². The number of carbonyl (C=O) groups excluding carboxylic acids is 1. The molecule has 0 aromatic heterocycles. The van der Waals surface area contributed by atoms with Crippen LogP contribution in [0.1, 0.15) is 53.0 Å². The van der Waals surface area contributed by atoms with E-state index in [-0.39, 0.29) is 11.3 Å². The van der Waals surface area contributed by atoms with Crippen LogP contribution in [0.5, 0.6) is 5.75 Å². The molecule has 0 aliphatic carbocycles. The Morgan fingerprint density at radius 1 is 1.25 bits per heavy atom. The Hall–Kier alpha value is -1.51. The second-order valence-electron chi connectivity index (χ2n) is 5.82. The van der Waals surface area contributed by atoms with Crippen LogP contribution in [0, 0.1) is 5.41 Å². The van der Waals surface area contributed by atoms with Gasteiger partial charge < -0.3 is 10.1 Å². The summed E-state index contributed by atoms with van der Waals surface area (Å²) in [4.78, 5) is 12.2. The molecule has 112 valence electrons. The van der Waals surface area contributed by atoms with Crippen LogP contribution in [-0.2, 0) is 11.2 Å². The van der Waals surface area contributed by atoms with Crippen molar-refractivity contribution in [2.45, 2.75) is 53.9 Å². The minimum absolute atomic E-state index is 0.0260. The Labute approximate surface area is 122 Å². The van der Waals surface area contributed by atoms with Gasteiger partial charge in [-0.1, -0.05) is 46.2 Å². The third-order valence-corrected chi connectivity index (χ3v) is 3.64. The van der Waals surface area contributed by atoms with Gasteiger partial charge in [-0.15, -0.1) is 0 Å². The summed E-state index contributed by atoms with van der Waals surface area (Å²) in [5, 5.41) is 3.00. The highest BCUT2D eigenvalue weighted by molar-refractivity contribution is 5.92. The highest BCUT2D eigenvalue weighted by Gasteiger charge is 2.20. The van der Waals surface area contributed by atoms with Crippen molar-refractivity contribution in [2.24, 2.45) is 5.41 Å². The van der Waals surface area contributed by atoms with E-state index in [4.69, 9.17) is 4.74 Å². The number of hydrogen-bond acceptors (Lipinski definition) is 2. The number of anilines is 1. The molecule has 0 atom stereocenters. The van der Waals surface area contributed by atoms with Crippen LogP contribution < -0.4 is 10.1 Å². The summed E-state index contributed by atoms with van der Waals surface area (Å²) in [5.74, 6) is 0.853. The van der Waals surface area contributed by atoms with Crippen molar-refractivity contribution in [2.75, 3.05) is 11.9 Å². The van der Waals surface area contributed by atoms with Crippen molar-refractivity contribution in [3.8, 4) is 5.75 Å². The molecular weight excluding hydrogens is 250 g/mol. The first kappa shape index (κ1) is 16.5. The van der Waals surface area contributed by atoms with Crippen molar-refractivity contribution >= 4 is 11.6 Å². The molecule has 0 bridgehead atoms. The van der Waals surface area contributed by atoms with Crippen LogP contribution in [0.25, 0.3) is 0 Å². The van der Waals surface area contributed by atoms with Gasteiger partial charge in [0.15, 0.2) is 0 Å². The normalized spacial score (nSPS) is 11.2. The largest absolute Gasteiger partial charge is 0.491 e. The van der Waals surface area contributed by atoms with Crippen LogP contribution in [-0.4, -0.2) is 12.5 Å². The lowest BCUT2D eigenvalue weighted by Crippen LogP contribution is -2.22. The first-order valence-electron chi connectivity index (χ1n) is 7.48. The SMILES string of the molecule is CCOc1c(CC)cccc1NC(=O)CC(C)(C)CC. The summed E-state index contributed by atoms with van der Waals surface area (Å²) in [7, 11) is 0. The summed E-state index contributed by atoms with van der Waals surface area (Å²) in [6, 6.07) is 5.90. The maximum atomic E-state index is 12.2. The number of ether oxygens (including phenoxy) is 1. The standard InChI is InChI=1S/C17H27NO2/c1-6-13-10-9-11-14(16(13)20-8-3)18-15(19)12-17(4,5)7-2/h9-11H,6-8,12H2,1-5H3,(H,18,19). The molecule has 0 saturated heterocycles. The van der Waals surface area contributed by atoms with Crippen LogP contribution in [0.4, 0.5) is 5.69 Å². The molecule has 0 fully saturated rings. The fourth-order valence-corrected chi connectivity index (χ4v) is 2.03. The highest BCUT2D eigenvalue weighted by Crippen LogP contribution is 2.31. The number of para-hydroxylation sites is 1. The highest BCUT2D eigenvalue weighted by atomic mass is 16.5. The van der Waals surface area contributed by atoms with E-state index in [0.29, 0.717) is 13.0 Å². The summed E-state index contributed by atoms with van der Waals surface area (Å²) >= 11 is 0. The quantitative estimate of drug-likeness (QED) is 0.801. The summed E-state index contributed by atoms with van der Waals surface area (Å²) < 4.78 is 5.70. The van der Waals surface area contributed by atoms with Crippen molar-refractivity contribution in [3.05, 3.63) is 23.8 Å². The van der Waals surface area contributed by atoms with E-state index in [1.54, 1.807) is 0 Å². The van der Waals surface area contributed by atoms with E-state index in [1.807, 2.05) is 25.1 Å². The van der Waals surface area contributed by atoms with Crippen LogP contribution >= 0.6 is 0 Å². The van der Waals surface area contributed by atoms with Gasteiger partial charge in [-0.3, -0.25) is 4.79 Å². The molecule has 1 rings (SSSR count). The van der Waals surface area contributed by atoms with Crippen molar-refractivity contribution < 1.29 is 9.53 Å². The molecular formula is C17H27NO2. The molecule has 3 heteroatoms. The number of amides is 1. The third-order valence-electron chi connectivity index (χ3n) is 3.64. The summed E-state index contributed by atoms with van der Waals surface area (Å²) in [6.07, 6.45) is 2.39. The minimum Gasteiger partial charge on any atom is -0.491 e. The van der Waals surface area contributed by atoms with Crippen LogP contribution in [0.2, 0.25) is 0 Å². The molecule has 1 N–H and O–H groups in total. The van der Waals surface area contributed by atoms with E-state index < -0.39 is 0 Å². The molecule has 1 amide bonds. The lowest BCUT2D eigenvalue weighted by Gasteiger charge is -2.22. The average molecular weight is 277 g/mol. The molecule has 1 aromatic rings. The molecule has 0 saturated carbocycles. The van der Waals surface area contributed by atoms with Gasteiger partial charge in [-0.05, 0) is 30.4 Å². The van der Waals surface area contributed by atoms with Crippen molar-refractivity contribution in [1.82, 2.24) is 0 Å². The lowest BCUT2D eigenvalue weighted by molar-refractivity contribution is -0.118. The fraction of sp³-hybridized carbons (Fsp3) is 0.588. The first-order chi connectivity index (χ1) is 9.43. The molecule has 20 heavy (non-hydrogen) atoms. The van der Waals surface area contributed by atoms with Gasteiger partial charge in [-0.2, -0.15) is 0 Å². The molecule has 0 aliphatic rings. The topological polar surface area (TPSA) is 38.3 Å². The first-order valence-corrected chi connectivity index (χ1v) is 7.48. The van der Waals surface area contributed by atoms with Gasteiger partial charge in [0.2, 0.25) is 5.91 Å². The summed E-state index contributed by atoms with van der Waals surface area (Å²) in [6.45, 7) is 11.0. The number of rotatable bonds is 7. The van der Waals surface area contributed by atoms with E-state index in [1.165, 1.54) is 0 Å². The van der Waals surface area contributed by atoms with Crippen LogP contribution in [0.3, 0.4) is 0 Å². The Morgan fingerprint density at radius 3 is 2.50 bits per heavy atom. The maximum Gasteiger partial charge on any atom is 0.225 e. The zero-order valence-corrected chi connectivity index (χ0v) is 13.4. The van der Waals surface area contributed by atoms with Gasteiger partial charge >= 0.3 is 0 Å². The minimum atomic E-state index is 0.0260. The molecule has 0 radical (unpaired) electrons. The third kappa shape index (κ3) is 4.55.